The number of anilines is 1. The molecular formula is C18H21N5OS2. The van der Waals surface area contributed by atoms with Gasteiger partial charge in [-0.3, -0.25) is 10.1 Å². The number of aryl methyl sites for hydroxylation is 1. The molecule has 1 amide bonds. The molecule has 8 heteroatoms. The van der Waals surface area contributed by atoms with Gasteiger partial charge in [0.25, 0.3) is 5.91 Å². The Labute approximate surface area is 161 Å². The maximum Gasteiger partial charge on any atom is 0.257 e. The Hall–Kier alpha value is -2.19. The first kappa shape index (κ1) is 18.6. The van der Waals surface area contributed by atoms with Gasteiger partial charge in [0.2, 0.25) is 5.13 Å². The molecule has 0 aliphatic carbocycles. The first-order valence-electron chi connectivity index (χ1n) is 8.35. The quantitative estimate of drug-likeness (QED) is 0.488. The molecule has 1 N–H and O–H groups in total. The molecule has 0 bridgehead atoms. The molecule has 2 aromatic heterocycles. The normalized spacial score (nSPS) is 11.1. The van der Waals surface area contributed by atoms with Gasteiger partial charge in [-0.05, 0) is 30.5 Å². The van der Waals surface area contributed by atoms with Crippen molar-refractivity contribution in [2.45, 2.75) is 31.7 Å². The summed E-state index contributed by atoms with van der Waals surface area (Å²) in [6.45, 7) is 7.03. The number of carbonyl (C=O) groups excluding carboxylic acids is 1. The molecule has 0 fully saturated rings. The Morgan fingerprint density at radius 1 is 1.27 bits per heavy atom. The predicted molar refractivity (Wildman–Crippen MR) is 106 cm³/mol. The van der Waals surface area contributed by atoms with Crippen LogP contribution in [0.5, 0.6) is 0 Å². The summed E-state index contributed by atoms with van der Waals surface area (Å²) in [5.74, 6) is 2.37. The molecule has 0 atom stereocenters. The molecule has 0 aliphatic rings. The summed E-state index contributed by atoms with van der Waals surface area (Å²) < 4.78 is 2.94. The van der Waals surface area contributed by atoms with Crippen LogP contribution in [0.3, 0.4) is 0 Å². The Kier molecular flexibility index (Phi) is 6.05. The van der Waals surface area contributed by atoms with Crippen LogP contribution in [0.25, 0.3) is 0 Å². The van der Waals surface area contributed by atoms with E-state index in [0.29, 0.717) is 16.6 Å². The van der Waals surface area contributed by atoms with E-state index in [1.165, 1.54) is 11.3 Å². The molecule has 136 valence electrons. The van der Waals surface area contributed by atoms with Crippen LogP contribution in [0.15, 0.2) is 41.0 Å². The number of nitrogens with zero attached hydrogens (tertiary/aromatic N) is 4. The van der Waals surface area contributed by atoms with Crippen LogP contribution in [0.4, 0.5) is 5.13 Å². The van der Waals surface area contributed by atoms with Crippen LogP contribution in [0.1, 0.15) is 35.6 Å². The van der Waals surface area contributed by atoms with E-state index in [1.807, 2.05) is 37.4 Å². The lowest BCUT2D eigenvalue weighted by molar-refractivity contribution is 0.102. The number of amides is 1. The van der Waals surface area contributed by atoms with Gasteiger partial charge in [-0.25, -0.2) is 4.98 Å². The minimum atomic E-state index is -0.174. The van der Waals surface area contributed by atoms with Crippen molar-refractivity contribution in [3.05, 3.63) is 53.6 Å². The molecule has 0 saturated carbocycles. The molecule has 0 unspecified atom stereocenters. The van der Waals surface area contributed by atoms with Crippen LogP contribution in [0, 0.1) is 12.8 Å². The third-order valence-corrected chi connectivity index (χ3v) is 6.06. The van der Waals surface area contributed by atoms with Gasteiger partial charge in [0, 0.05) is 30.3 Å². The van der Waals surface area contributed by atoms with E-state index in [4.69, 9.17) is 0 Å². The number of nitrogens with one attached hydrogen (secondary N) is 1. The van der Waals surface area contributed by atoms with Crippen LogP contribution >= 0.6 is 23.1 Å². The van der Waals surface area contributed by atoms with Gasteiger partial charge in [-0.1, -0.05) is 49.1 Å². The molecular weight excluding hydrogens is 366 g/mol. The average molecular weight is 388 g/mol. The van der Waals surface area contributed by atoms with Gasteiger partial charge < -0.3 is 4.57 Å². The van der Waals surface area contributed by atoms with Gasteiger partial charge in [-0.15, -0.1) is 10.2 Å². The minimum absolute atomic E-state index is 0.174. The lowest BCUT2D eigenvalue weighted by Gasteiger charge is -2.06. The van der Waals surface area contributed by atoms with Gasteiger partial charge in [-0.2, -0.15) is 0 Å². The zero-order valence-electron chi connectivity index (χ0n) is 15.0. The van der Waals surface area contributed by atoms with Gasteiger partial charge in [0.1, 0.15) is 5.82 Å². The smallest absolute Gasteiger partial charge is 0.257 e. The third kappa shape index (κ3) is 4.92. The number of carbonyl (C=O) groups is 1. The lowest BCUT2D eigenvalue weighted by atomic mass is 10.1. The number of hydrogen-bond acceptors (Lipinski definition) is 6. The number of rotatable bonds is 7. The van der Waals surface area contributed by atoms with Crippen molar-refractivity contribution < 1.29 is 4.79 Å². The van der Waals surface area contributed by atoms with E-state index in [-0.39, 0.29) is 5.91 Å². The largest absolute Gasteiger partial charge is 0.331 e. The molecule has 0 spiro atoms. The first-order chi connectivity index (χ1) is 12.5. The van der Waals surface area contributed by atoms with Crippen LogP contribution < -0.4 is 5.32 Å². The standard InChI is InChI=1S/C18H21N5OS2/c1-12(2)11-25-18-22-21-17(26-18)20-16(24)15-6-4-14(5-7-15)10-23-9-8-19-13(23)3/h4-9,12H,10-11H2,1-3H3,(H,20,21,24). The SMILES string of the molecule is Cc1nccn1Cc1ccc(C(=O)Nc2nnc(SCC(C)C)s2)cc1. The van der Waals surface area contributed by atoms with Crippen molar-refractivity contribution in [1.29, 1.82) is 0 Å². The number of hydrogen-bond donors (Lipinski definition) is 1. The number of imidazole rings is 1. The zero-order chi connectivity index (χ0) is 18.5. The van der Waals surface area contributed by atoms with E-state index in [2.05, 4.69) is 38.9 Å². The summed E-state index contributed by atoms with van der Waals surface area (Å²) in [7, 11) is 0. The molecule has 3 rings (SSSR count). The molecule has 2 heterocycles. The van der Waals surface area contributed by atoms with Crippen LogP contribution in [-0.2, 0) is 6.54 Å². The van der Waals surface area contributed by atoms with Crippen molar-refractivity contribution in [2.24, 2.45) is 5.92 Å². The molecule has 26 heavy (non-hydrogen) atoms. The fourth-order valence-corrected chi connectivity index (χ4v) is 3.98. The van der Waals surface area contributed by atoms with Crippen LogP contribution in [0.2, 0.25) is 0 Å². The second kappa shape index (κ2) is 8.46. The number of benzene rings is 1. The molecule has 0 saturated heterocycles. The van der Waals surface area contributed by atoms with Gasteiger partial charge >= 0.3 is 0 Å². The summed E-state index contributed by atoms with van der Waals surface area (Å²) in [5, 5.41) is 11.5. The first-order valence-corrected chi connectivity index (χ1v) is 10.2. The Balaban J connectivity index is 1.59. The summed E-state index contributed by atoms with van der Waals surface area (Å²) in [4.78, 5) is 16.6. The monoisotopic (exact) mass is 387 g/mol. The van der Waals surface area contributed by atoms with Crippen LogP contribution in [-0.4, -0.2) is 31.4 Å². The minimum Gasteiger partial charge on any atom is -0.331 e. The summed E-state index contributed by atoms with van der Waals surface area (Å²) >= 11 is 3.07. The third-order valence-electron chi connectivity index (χ3n) is 3.66. The zero-order valence-corrected chi connectivity index (χ0v) is 16.6. The highest BCUT2D eigenvalue weighted by Crippen LogP contribution is 2.27. The number of thioether (sulfide) groups is 1. The maximum absolute atomic E-state index is 12.4. The number of aromatic nitrogens is 4. The summed E-state index contributed by atoms with van der Waals surface area (Å²) in [6, 6.07) is 7.56. The van der Waals surface area contributed by atoms with E-state index in [1.54, 1.807) is 18.0 Å². The molecule has 6 nitrogen and oxygen atoms in total. The second-order valence-corrected chi connectivity index (χ2v) is 8.58. The van der Waals surface area contributed by atoms with Crippen molar-refractivity contribution in [3.63, 3.8) is 0 Å². The lowest BCUT2D eigenvalue weighted by Crippen LogP contribution is -2.11. The Morgan fingerprint density at radius 2 is 2.04 bits per heavy atom. The predicted octanol–water partition coefficient (Wildman–Crippen LogP) is 4.09. The van der Waals surface area contributed by atoms with E-state index >= 15 is 0 Å². The van der Waals surface area contributed by atoms with E-state index in [9.17, 15) is 4.79 Å². The molecule has 3 aromatic rings. The molecule has 0 radical (unpaired) electrons. The highest BCUT2D eigenvalue weighted by molar-refractivity contribution is 8.01. The second-order valence-electron chi connectivity index (χ2n) is 6.33. The highest BCUT2D eigenvalue weighted by atomic mass is 32.2. The Morgan fingerprint density at radius 3 is 2.69 bits per heavy atom. The Bertz CT molecular complexity index is 870. The fourth-order valence-electron chi connectivity index (χ4n) is 2.25. The van der Waals surface area contributed by atoms with E-state index in [0.717, 1.165) is 28.0 Å². The molecule has 1 aromatic carbocycles. The van der Waals surface area contributed by atoms with E-state index < -0.39 is 0 Å². The topological polar surface area (TPSA) is 72.7 Å². The van der Waals surface area contributed by atoms with Gasteiger partial charge in [0.05, 0.1) is 0 Å². The fraction of sp³-hybridized carbons (Fsp3) is 0.333. The maximum atomic E-state index is 12.4. The van der Waals surface area contributed by atoms with Crippen molar-refractivity contribution in [3.8, 4) is 0 Å². The average Bonchev–Trinajstić information content (AvgIpc) is 3.23. The van der Waals surface area contributed by atoms with Crippen molar-refractivity contribution in [1.82, 2.24) is 19.7 Å². The van der Waals surface area contributed by atoms with Crippen molar-refractivity contribution in [2.75, 3.05) is 11.1 Å². The van der Waals surface area contributed by atoms with Crippen molar-refractivity contribution >= 4 is 34.1 Å². The summed E-state index contributed by atoms with van der Waals surface area (Å²) in [6.07, 6.45) is 3.73. The van der Waals surface area contributed by atoms with Gasteiger partial charge in [0.15, 0.2) is 4.34 Å². The highest BCUT2D eigenvalue weighted by Gasteiger charge is 2.11. The summed E-state index contributed by atoms with van der Waals surface area (Å²) in [5.41, 5.74) is 1.72. The molecule has 0 aliphatic heterocycles.